The summed E-state index contributed by atoms with van der Waals surface area (Å²) < 4.78 is 0. The highest BCUT2D eigenvalue weighted by Gasteiger charge is 2.16. The van der Waals surface area contributed by atoms with E-state index in [1.807, 2.05) is 73.4 Å². The van der Waals surface area contributed by atoms with Crippen molar-refractivity contribution in [1.29, 1.82) is 0 Å². The SMILES string of the molecule is C=C1/C=C\C=NCc2ncccc2C=C1c1ccc(-c2cccc(-c3cccc(-c4cc(-c5cccc(-c6cccc(-c7ccc(-c8cc9cccnc9c9ncccc89)cc7)c6)c5)nc(-c5ccccc5)n4)c3)c2)cc1. The van der Waals surface area contributed by atoms with Gasteiger partial charge in [-0.2, -0.15) is 0 Å². The molecule has 6 nitrogen and oxygen atoms in total. The average molecular weight is 985 g/mol. The van der Waals surface area contributed by atoms with Gasteiger partial charge in [-0.15, -0.1) is 0 Å². The zero-order valence-electron chi connectivity index (χ0n) is 42.0. The van der Waals surface area contributed by atoms with Crippen LogP contribution < -0.4 is 0 Å². The molecular formula is C71H48N6. The molecule has 77 heavy (non-hydrogen) atoms. The van der Waals surface area contributed by atoms with Crippen molar-refractivity contribution < 1.29 is 0 Å². The summed E-state index contributed by atoms with van der Waals surface area (Å²) in [5, 5.41) is 2.16. The van der Waals surface area contributed by atoms with Gasteiger partial charge in [-0.05, 0) is 145 Å². The van der Waals surface area contributed by atoms with Gasteiger partial charge in [0.15, 0.2) is 5.82 Å². The number of rotatable bonds is 9. The fraction of sp³-hybridized carbons (Fsp3) is 0.0141. The highest BCUT2D eigenvalue weighted by Crippen LogP contribution is 2.38. The summed E-state index contributed by atoms with van der Waals surface area (Å²) in [6.07, 6.45) is 13.4. The number of allylic oxidation sites excluding steroid dienone is 4. The first-order valence-corrected chi connectivity index (χ1v) is 25.8. The van der Waals surface area contributed by atoms with Gasteiger partial charge in [0.2, 0.25) is 0 Å². The highest BCUT2D eigenvalue weighted by atomic mass is 14.9. The maximum atomic E-state index is 5.22. The molecule has 0 amide bonds. The maximum absolute atomic E-state index is 5.22. The second-order valence-corrected chi connectivity index (χ2v) is 19.2. The van der Waals surface area contributed by atoms with Crippen LogP contribution >= 0.6 is 0 Å². The van der Waals surface area contributed by atoms with Crippen LogP contribution in [0, 0.1) is 0 Å². The third kappa shape index (κ3) is 9.59. The molecule has 8 aromatic carbocycles. The average Bonchev–Trinajstić information content (AvgIpc) is 3.51. The Balaban J connectivity index is 0.794. The molecule has 4 aromatic heterocycles. The molecule has 1 aliphatic rings. The van der Waals surface area contributed by atoms with Crippen molar-refractivity contribution in [1.82, 2.24) is 24.9 Å². The lowest BCUT2D eigenvalue weighted by Gasteiger charge is -2.13. The van der Waals surface area contributed by atoms with Crippen LogP contribution in [-0.2, 0) is 6.54 Å². The molecule has 5 heterocycles. The van der Waals surface area contributed by atoms with Gasteiger partial charge in [0, 0.05) is 52.3 Å². The van der Waals surface area contributed by atoms with Crippen LogP contribution in [0.4, 0.5) is 0 Å². The topological polar surface area (TPSA) is 76.8 Å². The first kappa shape index (κ1) is 46.5. The van der Waals surface area contributed by atoms with E-state index in [4.69, 9.17) is 15.0 Å². The van der Waals surface area contributed by atoms with Gasteiger partial charge in [0.05, 0.1) is 34.7 Å². The van der Waals surface area contributed by atoms with E-state index in [1.165, 1.54) is 0 Å². The lowest BCUT2D eigenvalue weighted by atomic mass is 9.93. The molecule has 362 valence electrons. The monoisotopic (exact) mass is 984 g/mol. The predicted octanol–water partition coefficient (Wildman–Crippen LogP) is 17.5. The molecule has 6 heteroatoms. The Morgan fingerprint density at radius 1 is 0.377 bits per heavy atom. The normalized spacial score (nSPS) is 12.8. The summed E-state index contributed by atoms with van der Waals surface area (Å²) in [5.74, 6) is 0.671. The Morgan fingerprint density at radius 3 is 1.52 bits per heavy atom. The van der Waals surface area contributed by atoms with Crippen LogP contribution in [0.3, 0.4) is 0 Å². The number of hydrogen-bond acceptors (Lipinski definition) is 6. The van der Waals surface area contributed by atoms with Gasteiger partial charge in [0.1, 0.15) is 0 Å². The largest absolute Gasteiger partial charge is 0.287 e. The third-order valence-corrected chi connectivity index (χ3v) is 14.3. The summed E-state index contributed by atoms with van der Waals surface area (Å²) in [4.78, 5) is 28.9. The molecule has 0 radical (unpaired) electrons. The van der Waals surface area contributed by atoms with E-state index >= 15 is 0 Å². The molecular weight excluding hydrogens is 937 g/mol. The van der Waals surface area contributed by atoms with Gasteiger partial charge in [-0.25, -0.2) is 9.97 Å². The van der Waals surface area contributed by atoms with Crippen LogP contribution in [0.25, 0.3) is 123 Å². The van der Waals surface area contributed by atoms with E-state index in [-0.39, 0.29) is 0 Å². The van der Waals surface area contributed by atoms with Crippen molar-refractivity contribution in [2.24, 2.45) is 4.99 Å². The van der Waals surface area contributed by atoms with Crippen LogP contribution in [0.5, 0.6) is 0 Å². The van der Waals surface area contributed by atoms with E-state index in [9.17, 15) is 0 Å². The van der Waals surface area contributed by atoms with E-state index < -0.39 is 0 Å². The standard InChI is InChI=1S/C71H48N6/c1-47-13-9-35-72-46-68-61(24-10-36-73-68)43-64(47)50-31-27-48(28-32-50)53-16-5-18-55(39-53)57-20-7-22-59(41-57)66-45-67(77-71(76-66)52-14-3-2-4-15-52)60-23-8-21-58(42-60)56-19-6-17-54(40-56)49-29-33-51(34-30-49)65-44-62-25-11-37-74-69(62)70-63(65)26-12-38-75-70/h2-45H,1,46H2/b13-9-,64-43?,72-35?. The molecule has 0 aliphatic carbocycles. The zero-order valence-corrected chi connectivity index (χ0v) is 42.0. The second-order valence-electron chi connectivity index (χ2n) is 19.2. The van der Waals surface area contributed by atoms with Gasteiger partial charge < -0.3 is 0 Å². The Hall–Kier alpha value is -10.3. The van der Waals surface area contributed by atoms with Crippen molar-refractivity contribution in [2.45, 2.75) is 6.54 Å². The quantitative estimate of drug-likeness (QED) is 0.135. The minimum Gasteiger partial charge on any atom is -0.287 e. The lowest BCUT2D eigenvalue weighted by Crippen LogP contribution is -1.96. The van der Waals surface area contributed by atoms with Crippen LogP contribution in [0.1, 0.15) is 16.8 Å². The molecule has 0 saturated carbocycles. The smallest absolute Gasteiger partial charge is 0.160 e. The summed E-state index contributed by atoms with van der Waals surface area (Å²) in [6.45, 7) is 4.94. The molecule has 1 aliphatic heterocycles. The van der Waals surface area contributed by atoms with Gasteiger partial charge in [-0.1, -0.05) is 183 Å². The molecule has 0 fully saturated rings. The molecule has 12 aromatic rings. The first-order valence-electron chi connectivity index (χ1n) is 25.8. The molecule has 13 rings (SSSR count). The van der Waals surface area contributed by atoms with Crippen molar-refractivity contribution >= 4 is 39.7 Å². The Morgan fingerprint density at radius 2 is 0.883 bits per heavy atom. The molecule has 0 bridgehead atoms. The number of fused-ring (bicyclic) bond motifs is 4. The van der Waals surface area contributed by atoms with Gasteiger partial charge >= 0.3 is 0 Å². The fourth-order valence-electron chi connectivity index (χ4n) is 10.3. The van der Waals surface area contributed by atoms with E-state index in [1.54, 1.807) is 0 Å². The maximum Gasteiger partial charge on any atom is 0.160 e. The summed E-state index contributed by atoms with van der Waals surface area (Å²) >= 11 is 0. The van der Waals surface area contributed by atoms with Crippen LogP contribution in [-0.4, -0.2) is 31.1 Å². The third-order valence-electron chi connectivity index (χ3n) is 14.3. The lowest BCUT2D eigenvalue weighted by molar-refractivity contribution is 0.990. The van der Waals surface area contributed by atoms with Crippen molar-refractivity contribution in [2.75, 3.05) is 0 Å². The molecule has 0 spiro atoms. The summed E-state index contributed by atoms with van der Waals surface area (Å²) in [7, 11) is 0. The van der Waals surface area contributed by atoms with Gasteiger partial charge in [0.25, 0.3) is 0 Å². The number of aliphatic imine (C=N–C) groups is 1. The van der Waals surface area contributed by atoms with Crippen molar-refractivity contribution in [3.63, 3.8) is 0 Å². The number of benzene rings is 8. The number of hydrogen-bond donors (Lipinski definition) is 0. The van der Waals surface area contributed by atoms with Gasteiger partial charge in [-0.3, -0.25) is 19.9 Å². The minimum absolute atomic E-state index is 0.525. The molecule has 0 atom stereocenters. The Bertz CT molecular complexity index is 4310. The number of nitrogens with zero attached hydrogens (tertiary/aromatic N) is 6. The number of aromatic nitrogens is 5. The summed E-state index contributed by atoms with van der Waals surface area (Å²) in [5.41, 5.74) is 22.8. The molecule has 0 unspecified atom stereocenters. The van der Waals surface area contributed by atoms with E-state index in [0.29, 0.717) is 12.4 Å². The zero-order chi connectivity index (χ0) is 51.5. The molecule has 0 N–H and O–H groups in total. The minimum atomic E-state index is 0.525. The van der Waals surface area contributed by atoms with Crippen molar-refractivity contribution in [3.8, 4) is 89.5 Å². The first-order chi connectivity index (χ1) is 38.0. The van der Waals surface area contributed by atoms with Crippen LogP contribution in [0.15, 0.2) is 272 Å². The van der Waals surface area contributed by atoms with Crippen molar-refractivity contribution in [3.05, 3.63) is 284 Å². The Labute approximate surface area is 447 Å². The Kier molecular flexibility index (Phi) is 12.4. The fourth-order valence-corrected chi connectivity index (χ4v) is 10.3. The van der Waals surface area contributed by atoms with E-state index in [2.05, 4.69) is 216 Å². The van der Waals surface area contributed by atoms with Crippen LogP contribution in [0.2, 0.25) is 0 Å². The highest BCUT2D eigenvalue weighted by molar-refractivity contribution is 6.10. The predicted molar refractivity (Wildman–Crippen MR) is 319 cm³/mol. The summed E-state index contributed by atoms with van der Waals surface area (Å²) in [6, 6.07) is 79.2. The second kappa shape index (κ2) is 20.5. The molecule has 0 saturated heterocycles. The van der Waals surface area contributed by atoms with E-state index in [0.717, 1.165) is 133 Å². The number of pyridine rings is 3.